The van der Waals surface area contributed by atoms with Crippen molar-refractivity contribution in [1.82, 2.24) is 5.32 Å². The fraction of sp³-hybridized carbons (Fsp3) is 0.200. The molecular formula is C25H25NO6. The van der Waals surface area contributed by atoms with Gasteiger partial charge in [0, 0.05) is 12.1 Å². The first-order valence-corrected chi connectivity index (χ1v) is 10.1. The summed E-state index contributed by atoms with van der Waals surface area (Å²) in [4.78, 5) is 24.6. The van der Waals surface area contributed by atoms with Crippen LogP contribution in [0.25, 0.3) is 0 Å². The van der Waals surface area contributed by atoms with E-state index < -0.39 is 18.5 Å². The summed E-state index contributed by atoms with van der Waals surface area (Å²) in [5, 5.41) is 2.71. The predicted molar refractivity (Wildman–Crippen MR) is 119 cm³/mol. The molecule has 0 unspecified atom stereocenters. The Morgan fingerprint density at radius 1 is 0.781 bits per heavy atom. The quantitative estimate of drug-likeness (QED) is 0.366. The molecule has 32 heavy (non-hydrogen) atoms. The summed E-state index contributed by atoms with van der Waals surface area (Å²) >= 11 is 0. The van der Waals surface area contributed by atoms with Gasteiger partial charge in [-0.25, -0.2) is 4.79 Å². The third-order valence-corrected chi connectivity index (χ3v) is 4.46. The van der Waals surface area contributed by atoms with Gasteiger partial charge in [-0.15, -0.1) is 0 Å². The van der Waals surface area contributed by atoms with Crippen LogP contribution in [0.3, 0.4) is 0 Å². The van der Waals surface area contributed by atoms with Gasteiger partial charge >= 0.3 is 5.97 Å². The molecule has 7 heteroatoms. The SMILES string of the molecule is COc1ccccc1CNC(=O)COC(=O)c1ccccc1OCCOc1ccccc1. The molecule has 166 valence electrons. The summed E-state index contributed by atoms with van der Waals surface area (Å²) < 4.78 is 21.7. The third kappa shape index (κ3) is 6.77. The highest BCUT2D eigenvalue weighted by Gasteiger charge is 2.15. The molecule has 3 aromatic carbocycles. The second-order valence-corrected chi connectivity index (χ2v) is 6.67. The molecule has 0 atom stereocenters. The summed E-state index contributed by atoms with van der Waals surface area (Å²) in [6.45, 7) is 0.429. The molecule has 0 aromatic heterocycles. The summed E-state index contributed by atoms with van der Waals surface area (Å²) in [7, 11) is 1.57. The molecular weight excluding hydrogens is 410 g/mol. The number of esters is 1. The number of amides is 1. The van der Waals surface area contributed by atoms with E-state index in [0.29, 0.717) is 18.1 Å². The number of rotatable bonds is 11. The average molecular weight is 435 g/mol. The number of nitrogens with one attached hydrogen (secondary N) is 1. The highest BCUT2D eigenvalue weighted by molar-refractivity contribution is 5.94. The average Bonchev–Trinajstić information content (AvgIpc) is 2.85. The molecule has 3 aromatic rings. The van der Waals surface area contributed by atoms with E-state index in [9.17, 15) is 9.59 Å². The lowest BCUT2D eigenvalue weighted by molar-refractivity contribution is -0.124. The molecule has 0 fully saturated rings. The molecule has 3 rings (SSSR count). The normalized spacial score (nSPS) is 10.2. The minimum Gasteiger partial charge on any atom is -0.496 e. The molecule has 0 bridgehead atoms. The number of hydrogen-bond donors (Lipinski definition) is 1. The molecule has 0 radical (unpaired) electrons. The maximum atomic E-state index is 12.5. The first-order chi connectivity index (χ1) is 15.7. The van der Waals surface area contributed by atoms with Crippen molar-refractivity contribution in [3.8, 4) is 17.2 Å². The van der Waals surface area contributed by atoms with Gasteiger partial charge in [-0.1, -0.05) is 48.5 Å². The highest BCUT2D eigenvalue weighted by atomic mass is 16.5. The predicted octanol–water partition coefficient (Wildman–Crippen LogP) is 3.63. The number of carbonyl (C=O) groups is 2. The number of benzene rings is 3. The zero-order valence-electron chi connectivity index (χ0n) is 17.8. The Labute approximate surface area is 186 Å². The minimum absolute atomic E-state index is 0.240. The Balaban J connectivity index is 1.45. The van der Waals surface area contributed by atoms with Gasteiger partial charge in [-0.3, -0.25) is 4.79 Å². The van der Waals surface area contributed by atoms with Gasteiger partial charge < -0.3 is 24.3 Å². The third-order valence-electron chi connectivity index (χ3n) is 4.46. The summed E-state index contributed by atoms with van der Waals surface area (Å²) in [5.74, 6) is 0.717. The molecule has 0 aliphatic heterocycles. The maximum absolute atomic E-state index is 12.5. The first-order valence-electron chi connectivity index (χ1n) is 10.1. The molecule has 1 N–H and O–H groups in total. The number of carbonyl (C=O) groups excluding carboxylic acids is 2. The fourth-order valence-corrected chi connectivity index (χ4v) is 2.89. The molecule has 0 saturated carbocycles. The lowest BCUT2D eigenvalue weighted by atomic mass is 10.2. The van der Waals surface area contributed by atoms with Crippen molar-refractivity contribution in [2.45, 2.75) is 6.54 Å². The Morgan fingerprint density at radius 2 is 1.44 bits per heavy atom. The van der Waals surface area contributed by atoms with E-state index in [1.54, 1.807) is 31.4 Å². The molecule has 0 aliphatic carbocycles. The highest BCUT2D eigenvalue weighted by Crippen LogP contribution is 2.19. The Morgan fingerprint density at radius 3 is 2.22 bits per heavy atom. The van der Waals surface area contributed by atoms with E-state index in [0.717, 1.165) is 11.3 Å². The van der Waals surface area contributed by atoms with Crippen LogP contribution in [0.1, 0.15) is 15.9 Å². The van der Waals surface area contributed by atoms with Crippen LogP contribution in [0.2, 0.25) is 0 Å². The molecule has 0 saturated heterocycles. The van der Waals surface area contributed by atoms with E-state index in [2.05, 4.69) is 5.32 Å². The second kappa shape index (κ2) is 12.0. The molecule has 0 spiro atoms. The standard InChI is InChI=1S/C25H25NO6/c1-29-22-13-7-5-9-19(22)17-26-24(27)18-32-25(28)21-12-6-8-14-23(21)31-16-15-30-20-10-3-2-4-11-20/h2-14H,15-18H2,1H3,(H,26,27). The van der Waals surface area contributed by atoms with Crippen LogP contribution < -0.4 is 19.5 Å². The van der Waals surface area contributed by atoms with Crippen LogP contribution in [0.4, 0.5) is 0 Å². The van der Waals surface area contributed by atoms with Crippen molar-refractivity contribution in [1.29, 1.82) is 0 Å². The Bertz CT molecular complexity index is 1020. The van der Waals surface area contributed by atoms with Crippen molar-refractivity contribution >= 4 is 11.9 Å². The summed E-state index contributed by atoms with van der Waals surface area (Å²) in [6.07, 6.45) is 0. The molecule has 0 aliphatic rings. The van der Waals surface area contributed by atoms with Gasteiger partial charge in [-0.2, -0.15) is 0 Å². The number of ether oxygens (including phenoxy) is 4. The largest absolute Gasteiger partial charge is 0.496 e. The molecule has 1 amide bonds. The Kier molecular flexibility index (Phi) is 8.50. The monoisotopic (exact) mass is 435 g/mol. The zero-order chi connectivity index (χ0) is 22.6. The van der Waals surface area contributed by atoms with E-state index in [1.807, 2.05) is 54.6 Å². The van der Waals surface area contributed by atoms with Crippen molar-refractivity contribution in [3.63, 3.8) is 0 Å². The van der Waals surface area contributed by atoms with Crippen molar-refractivity contribution in [3.05, 3.63) is 90.0 Å². The molecule has 0 heterocycles. The van der Waals surface area contributed by atoms with Gasteiger partial charge in [-0.05, 0) is 30.3 Å². The van der Waals surface area contributed by atoms with Crippen LogP contribution in [0, 0.1) is 0 Å². The van der Waals surface area contributed by atoms with Crippen molar-refractivity contribution in [2.75, 3.05) is 26.9 Å². The van der Waals surface area contributed by atoms with Crippen molar-refractivity contribution in [2.24, 2.45) is 0 Å². The fourth-order valence-electron chi connectivity index (χ4n) is 2.89. The van der Waals surface area contributed by atoms with E-state index in [1.165, 1.54) is 0 Å². The lowest BCUT2D eigenvalue weighted by Crippen LogP contribution is -2.28. The smallest absolute Gasteiger partial charge is 0.342 e. The van der Waals surface area contributed by atoms with Crippen LogP contribution in [-0.2, 0) is 16.1 Å². The van der Waals surface area contributed by atoms with Crippen LogP contribution in [0.5, 0.6) is 17.2 Å². The van der Waals surface area contributed by atoms with Gasteiger partial charge in [0.25, 0.3) is 5.91 Å². The van der Waals surface area contributed by atoms with Gasteiger partial charge in [0.2, 0.25) is 0 Å². The maximum Gasteiger partial charge on any atom is 0.342 e. The van der Waals surface area contributed by atoms with Crippen LogP contribution >= 0.6 is 0 Å². The van der Waals surface area contributed by atoms with E-state index >= 15 is 0 Å². The van der Waals surface area contributed by atoms with E-state index in [-0.39, 0.29) is 18.7 Å². The summed E-state index contributed by atoms with van der Waals surface area (Å²) in [6, 6.07) is 23.4. The Hall–Kier alpha value is -4.00. The van der Waals surface area contributed by atoms with Crippen molar-refractivity contribution < 1.29 is 28.5 Å². The number of methoxy groups -OCH3 is 1. The topological polar surface area (TPSA) is 83.1 Å². The second-order valence-electron chi connectivity index (χ2n) is 6.67. The lowest BCUT2D eigenvalue weighted by Gasteiger charge is -2.12. The first kappa shape index (κ1) is 22.7. The summed E-state index contributed by atoms with van der Waals surface area (Å²) in [5.41, 5.74) is 1.07. The van der Waals surface area contributed by atoms with Gasteiger partial charge in [0.05, 0.1) is 7.11 Å². The molecule has 7 nitrogen and oxygen atoms in total. The number of para-hydroxylation sites is 3. The van der Waals surface area contributed by atoms with Gasteiger partial charge in [0.1, 0.15) is 36.0 Å². The number of hydrogen-bond acceptors (Lipinski definition) is 6. The van der Waals surface area contributed by atoms with Gasteiger partial charge in [0.15, 0.2) is 6.61 Å². The zero-order valence-corrected chi connectivity index (χ0v) is 17.8. The van der Waals surface area contributed by atoms with Crippen LogP contribution in [0.15, 0.2) is 78.9 Å². The minimum atomic E-state index is -0.642. The van der Waals surface area contributed by atoms with Crippen LogP contribution in [-0.4, -0.2) is 38.8 Å². The van der Waals surface area contributed by atoms with E-state index in [4.69, 9.17) is 18.9 Å².